The Hall–Kier alpha value is -5.06. The first-order chi connectivity index (χ1) is 26.0. The van der Waals surface area contributed by atoms with Gasteiger partial charge in [-0.2, -0.15) is 22.3 Å². The summed E-state index contributed by atoms with van der Waals surface area (Å²) in [6, 6.07) is 7.58. The Morgan fingerprint density at radius 1 is 1.06 bits per heavy atom. The molecule has 54 heavy (non-hydrogen) atoms. The normalized spacial score (nSPS) is 19.2. The van der Waals surface area contributed by atoms with Crippen molar-refractivity contribution in [2.75, 3.05) is 54.0 Å². The lowest BCUT2D eigenvalue weighted by Crippen LogP contribution is -2.40. The molecule has 0 unspecified atom stereocenters. The summed E-state index contributed by atoms with van der Waals surface area (Å²) in [4.78, 5) is 45.7. The summed E-state index contributed by atoms with van der Waals surface area (Å²) in [7, 11) is -4.12. The zero-order valence-corrected chi connectivity index (χ0v) is 31.5. The van der Waals surface area contributed by atoms with Gasteiger partial charge in [-0.05, 0) is 69.9 Å². The Kier molecular flexibility index (Phi) is 10.6. The van der Waals surface area contributed by atoms with Crippen molar-refractivity contribution >= 4 is 50.9 Å². The van der Waals surface area contributed by atoms with Gasteiger partial charge >= 0.3 is 10.2 Å². The molecule has 1 N–H and O–H groups in total. The van der Waals surface area contributed by atoms with E-state index < -0.39 is 28.3 Å². The van der Waals surface area contributed by atoms with Gasteiger partial charge in [0.05, 0.1) is 40.8 Å². The lowest BCUT2D eigenvalue weighted by Gasteiger charge is -2.27. The zero-order valence-electron chi connectivity index (χ0n) is 29.9. The number of aromatic nitrogens is 6. The highest BCUT2D eigenvalue weighted by atomic mass is 35.5. The number of rotatable bonds is 13. The lowest BCUT2D eigenvalue weighted by molar-refractivity contribution is -0.122. The number of carbonyl (C=O) groups is 2. The molecule has 0 bridgehead atoms. The van der Waals surface area contributed by atoms with Gasteiger partial charge < -0.3 is 14.8 Å². The number of carbonyl (C=O) groups excluding carboxylic acids is 2. The monoisotopic (exact) mass is 775 g/mol. The quantitative estimate of drug-likeness (QED) is 0.194. The van der Waals surface area contributed by atoms with E-state index in [1.165, 1.54) is 16.4 Å². The van der Waals surface area contributed by atoms with Crippen LogP contribution < -0.4 is 14.5 Å². The van der Waals surface area contributed by atoms with Crippen molar-refractivity contribution in [3.63, 3.8) is 0 Å². The number of nitriles is 1. The smallest absolute Gasteiger partial charge is 0.311 e. The maximum atomic E-state index is 13.4. The zero-order chi connectivity index (χ0) is 38.1. The van der Waals surface area contributed by atoms with Crippen molar-refractivity contribution in [3.05, 3.63) is 58.6 Å². The van der Waals surface area contributed by atoms with Crippen LogP contribution in [0.3, 0.4) is 0 Å². The van der Waals surface area contributed by atoms with E-state index in [0.29, 0.717) is 86.6 Å². The first kappa shape index (κ1) is 37.3. The Morgan fingerprint density at radius 2 is 1.87 bits per heavy atom. The number of anilines is 3. The molecular weight excluding hydrogens is 738 g/mol. The first-order valence-electron chi connectivity index (χ1n) is 17.6. The van der Waals surface area contributed by atoms with Crippen LogP contribution in [0.2, 0.25) is 5.02 Å². The molecule has 1 aromatic carbocycles. The van der Waals surface area contributed by atoms with Gasteiger partial charge in [0, 0.05) is 50.7 Å². The minimum atomic E-state index is -4.12. The van der Waals surface area contributed by atoms with E-state index in [-0.39, 0.29) is 35.3 Å². The minimum Gasteiger partial charge on any atom is -0.381 e. The highest BCUT2D eigenvalue weighted by Crippen LogP contribution is 2.40. The van der Waals surface area contributed by atoms with E-state index in [1.54, 1.807) is 29.0 Å². The van der Waals surface area contributed by atoms with Crippen LogP contribution in [0, 0.1) is 25.2 Å². The van der Waals surface area contributed by atoms with Crippen molar-refractivity contribution in [3.8, 4) is 28.8 Å². The second-order valence-electron chi connectivity index (χ2n) is 12.9. The molecular formula is C35H38ClN11O6S. The fourth-order valence-corrected chi connectivity index (χ4v) is 8.88. The van der Waals surface area contributed by atoms with Crippen LogP contribution in [0.5, 0.6) is 0 Å². The van der Waals surface area contributed by atoms with E-state index in [2.05, 4.69) is 20.4 Å². The van der Waals surface area contributed by atoms with Crippen LogP contribution in [0.15, 0.2) is 36.8 Å². The van der Waals surface area contributed by atoms with Gasteiger partial charge in [0.2, 0.25) is 5.91 Å². The fourth-order valence-electron chi connectivity index (χ4n) is 6.84. The second-order valence-corrected chi connectivity index (χ2v) is 15.1. The molecule has 3 aromatic heterocycles. The SMILES string of the molecule is CCN1C(=O)CNc2ncc(-c3ccc(-c4ncn(CCCOCCCO[C@H]5CCN6[C@H]5C(=O)N(c5ccc(C#N)c(Cl)c5C)S6(=O)=O)n4)nc3C)nc21. The van der Waals surface area contributed by atoms with Crippen LogP contribution in [0.1, 0.15) is 43.0 Å². The Labute approximate surface area is 317 Å². The molecule has 4 aromatic rings. The van der Waals surface area contributed by atoms with Crippen LogP contribution in [0.25, 0.3) is 22.8 Å². The Balaban J connectivity index is 0.856. The summed E-state index contributed by atoms with van der Waals surface area (Å²) < 4.78 is 42.2. The van der Waals surface area contributed by atoms with Crippen molar-refractivity contribution in [2.45, 2.75) is 58.7 Å². The Bertz CT molecular complexity index is 2260. The second kappa shape index (κ2) is 15.4. The third-order valence-electron chi connectivity index (χ3n) is 9.58. The third kappa shape index (κ3) is 6.89. The number of benzene rings is 1. The molecule has 3 aliphatic rings. The maximum Gasteiger partial charge on any atom is 0.311 e. The number of hydrogen-bond donors (Lipinski definition) is 1. The van der Waals surface area contributed by atoms with Gasteiger partial charge in [-0.1, -0.05) is 11.6 Å². The van der Waals surface area contributed by atoms with Gasteiger partial charge in [-0.15, -0.1) is 5.10 Å². The number of fused-ring (bicyclic) bond motifs is 2. The fraction of sp³-hybridized carbons (Fsp3) is 0.429. The highest BCUT2D eigenvalue weighted by molar-refractivity contribution is 7.91. The molecule has 19 heteroatoms. The van der Waals surface area contributed by atoms with E-state index in [9.17, 15) is 23.3 Å². The average Bonchev–Trinajstić information content (AvgIpc) is 3.86. The summed E-state index contributed by atoms with van der Waals surface area (Å²) in [5.74, 6) is 0.917. The summed E-state index contributed by atoms with van der Waals surface area (Å²) >= 11 is 6.27. The number of pyridine rings is 1. The Morgan fingerprint density at radius 3 is 2.65 bits per heavy atom. The van der Waals surface area contributed by atoms with Crippen LogP contribution >= 0.6 is 11.6 Å². The molecule has 2 amide bonds. The van der Waals surface area contributed by atoms with E-state index in [4.69, 9.17) is 31.0 Å². The number of hydrogen-bond acceptors (Lipinski definition) is 13. The van der Waals surface area contributed by atoms with Crippen molar-refractivity contribution in [2.24, 2.45) is 0 Å². The van der Waals surface area contributed by atoms with Crippen molar-refractivity contribution < 1.29 is 27.5 Å². The molecule has 0 aliphatic carbocycles. The van der Waals surface area contributed by atoms with Crippen molar-refractivity contribution in [1.82, 2.24) is 34.0 Å². The number of halogens is 1. The van der Waals surface area contributed by atoms with Crippen molar-refractivity contribution in [1.29, 1.82) is 5.26 Å². The lowest BCUT2D eigenvalue weighted by atomic mass is 10.1. The number of aryl methyl sites for hydroxylation is 2. The van der Waals surface area contributed by atoms with Crippen LogP contribution in [-0.2, 0) is 35.8 Å². The van der Waals surface area contributed by atoms with Crippen LogP contribution in [-0.4, -0.2) is 106 Å². The van der Waals surface area contributed by atoms with E-state index in [0.717, 1.165) is 15.6 Å². The molecule has 282 valence electrons. The number of nitrogens with one attached hydrogen (secondary N) is 1. The average molecular weight is 776 g/mol. The van der Waals surface area contributed by atoms with Gasteiger partial charge in [-0.3, -0.25) is 19.2 Å². The van der Waals surface area contributed by atoms with Crippen LogP contribution in [0.4, 0.5) is 17.3 Å². The summed E-state index contributed by atoms with van der Waals surface area (Å²) in [6.07, 6.45) is 4.39. The minimum absolute atomic E-state index is 0.0560. The molecule has 3 aliphatic heterocycles. The van der Waals surface area contributed by atoms with E-state index in [1.807, 2.05) is 32.0 Å². The summed E-state index contributed by atoms with van der Waals surface area (Å²) in [5, 5.41) is 17.0. The topological polar surface area (TPSA) is 202 Å². The molecule has 2 saturated heterocycles. The molecule has 17 nitrogen and oxygen atoms in total. The molecule has 2 fully saturated rings. The standard InChI is InChI=1S/C35H38ClN11O6S/c1-4-45-29(48)19-39-33-34(45)42-26(18-38-33)24-8-9-25(41-22(24)3)32-40-20-44(43-32)12-5-14-52-15-6-16-53-28-11-13-46-31(28)35(49)47(54(46,50)51)27-10-7-23(17-37)30(36)21(27)2/h7-10,18,20,28,31H,4-6,11-16,19H2,1-3H3,(H,38,39)/t28-,31+/m0/s1. The van der Waals surface area contributed by atoms with Gasteiger partial charge in [0.1, 0.15) is 24.1 Å². The predicted octanol–water partition coefficient (Wildman–Crippen LogP) is 3.27. The van der Waals surface area contributed by atoms with Gasteiger partial charge in [-0.25, -0.2) is 19.9 Å². The van der Waals surface area contributed by atoms with E-state index >= 15 is 0 Å². The maximum absolute atomic E-state index is 13.4. The number of nitrogens with zero attached hydrogens (tertiary/aromatic N) is 10. The number of ether oxygens (including phenoxy) is 2. The molecule has 2 atom stereocenters. The third-order valence-corrected chi connectivity index (χ3v) is 11.9. The summed E-state index contributed by atoms with van der Waals surface area (Å²) in [5.41, 5.74) is 3.42. The molecule has 6 heterocycles. The molecule has 0 saturated carbocycles. The molecule has 0 radical (unpaired) electrons. The summed E-state index contributed by atoms with van der Waals surface area (Å²) in [6.45, 7) is 8.01. The van der Waals surface area contributed by atoms with Gasteiger partial charge in [0.15, 0.2) is 17.5 Å². The highest BCUT2D eigenvalue weighted by Gasteiger charge is 2.58. The van der Waals surface area contributed by atoms with Gasteiger partial charge in [0.25, 0.3) is 5.91 Å². The first-order valence-corrected chi connectivity index (χ1v) is 19.3. The largest absolute Gasteiger partial charge is 0.381 e. The predicted molar refractivity (Wildman–Crippen MR) is 198 cm³/mol. The molecule has 7 rings (SSSR count). The number of amides is 2. The molecule has 0 spiro atoms. The number of likely N-dealkylation sites (N-methyl/N-ethyl adjacent to an activating group) is 1.